The molecule has 25 heavy (non-hydrogen) atoms. The van der Waals surface area contributed by atoms with Crippen molar-refractivity contribution in [2.45, 2.75) is 38.3 Å². The van der Waals surface area contributed by atoms with Gasteiger partial charge in [-0.1, -0.05) is 18.2 Å². The fraction of sp³-hybridized carbons (Fsp3) is 0.450. The predicted molar refractivity (Wildman–Crippen MR) is 97.5 cm³/mol. The highest BCUT2D eigenvalue weighted by Gasteiger charge is 2.42. The zero-order chi connectivity index (χ0) is 16.9. The van der Waals surface area contributed by atoms with Crippen molar-refractivity contribution in [1.82, 2.24) is 19.9 Å². The molecule has 0 amide bonds. The van der Waals surface area contributed by atoms with E-state index in [1.54, 1.807) is 6.33 Å². The molecule has 5 rings (SSSR count). The highest BCUT2D eigenvalue weighted by Crippen LogP contribution is 2.43. The third-order valence-electron chi connectivity index (χ3n) is 5.97. The molecule has 5 nitrogen and oxygen atoms in total. The minimum atomic E-state index is -0.135. The number of aromatic amines is 2. The Balaban J connectivity index is 1.40. The van der Waals surface area contributed by atoms with Crippen LogP contribution in [-0.2, 0) is 23.3 Å². The third-order valence-corrected chi connectivity index (χ3v) is 5.97. The summed E-state index contributed by atoms with van der Waals surface area (Å²) in [7, 11) is 0. The van der Waals surface area contributed by atoms with Gasteiger partial charge in [0.1, 0.15) is 5.60 Å². The summed E-state index contributed by atoms with van der Waals surface area (Å²) >= 11 is 0. The van der Waals surface area contributed by atoms with E-state index in [0.717, 1.165) is 51.2 Å². The largest absolute Gasteiger partial charge is 0.368 e. The monoisotopic (exact) mass is 336 g/mol. The van der Waals surface area contributed by atoms with Gasteiger partial charge in [-0.15, -0.1) is 0 Å². The van der Waals surface area contributed by atoms with Crippen LogP contribution in [-0.4, -0.2) is 39.5 Å². The summed E-state index contributed by atoms with van der Waals surface area (Å²) in [4.78, 5) is 13.8. The second-order valence-corrected chi connectivity index (χ2v) is 7.37. The Morgan fingerprint density at radius 1 is 1.24 bits per heavy atom. The highest BCUT2D eigenvalue weighted by atomic mass is 16.5. The van der Waals surface area contributed by atoms with E-state index in [-0.39, 0.29) is 5.60 Å². The van der Waals surface area contributed by atoms with Gasteiger partial charge in [-0.05, 0) is 37.8 Å². The molecule has 0 saturated carbocycles. The first-order valence-electron chi connectivity index (χ1n) is 9.20. The minimum absolute atomic E-state index is 0.135. The molecule has 0 atom stereocenters. The van der Waals surface area contributed by atoms with Gasteiger partial charge in [-0.2, -0.15) is 0 Å². The summed E-state index contributed by atoms with van der Waals surface area (Å²) in [6.45, 7) is 5.93. The molecule has 130 valence electrons. The van der Waals surface area contributed by atoms with Crippen molar-refractivity contribution in [3.05, 3.63) is 53.2 Å². The molecule has 5 heteroatoms. The molecule has 1 fully saturated rings. The Kier molecular flexibility index (Phi) is 3.47. The maximum absolute atomic E-state index is 6.39. The van der Waals surface area contributed by atoms with Crippen molar-refractivity contribution in [3.8, 4) is 0 Å². The number of imidazole rings is 1. The van der Waals surface area contributed by atoms with Crippen molar-refractivity contribution in [2.24, 2.45) is 0 Å². The van der Waals surface area contributed by atoms with Crippen LogP contribution in [0, 0.1) is 6.92 Å². The molecule has 2 aliphatic rings. The number of piperidine rings is 1. The van der Waals surface area contributed by atoms with Gasteiger partial charge < -0.3 is 14.7 Å². The van der Waals surface area contributed by atoms with Crippen LogP contribution in [0.5, 0.6) is 0 Å². The number of likely N-dealkylation sites (tertiary alicyclic amines) is 1. The number of rotatable bonds is 2. The van der Waals surface area contributed by atoms with Gasteiger partial charge in [0, 0.05) is 36.2 Å². The van der Waals surface area contributed by atoms with Gasteiger partial charge >= 0.3 is 0 Å². The van der Waals surface area contributed by atoms with Crippen LogP contribution in [0.1, 0.15) is 35.5 Å². The first-order chi connectivity index (χ1) is 12.3. The first-order valence-corrected chi connectivity index (χ1v) is 9.20. The zero-order valence-electron chi connectivity index (χ0n) is 14.6. The number of hydrogen-bond donors (Lipinski definition) is 2. The molecule has 3 aromatic rings. The summed E-state index contributed by atoms with van der Waals surface area (Å²) in [6, 6.07) is 8.65. The number of para-hydroxylation sites is 1. The van der Waals surface area contributed by atoms with Gasteiger partial charge in [-0.25, -0.2) is 4.98 Å². The zero-order valence-corrected chi connectivity index (χ0v) is 14.6. The maximum Gasteiger partial charge on any atom is 0.110 e. The van der Waals surface area contributed by atoms with Gasteiger partial charge in [0.05, 0.1) is 24.3 Å². The van der Waals surface area contributed by atoms with E-state index >= 15 is 0 Å². The molecule has 0 radical (unpaired) electrons. The number of hydrogen-bond acceptors (Lipinski definition) is 3. The quantitative estimate of drug-likeness (QED) is 0.755. The van der Waals surface area contributed by atoms with Gasteiger partial charge in [0.15, 0.2) is 0 Å². The minimum Gasteiger partial charge on any atom is -0.368 e. The van der Waals surface area contributed by atoms with Crippen molar-refractivity contribution in [3.63, 3.8) is 0 Å². The second-order valence-electron chi connectivity index (χ2n) is 7.37. The van der Waals surface area contributed by atoms with E-state index in [4.69, 9.17) is 4.74 Å². The molecule has 0 unspecified atom stereocenters. The van der Waals surface area contributed by atoms with E-state index in [0.29, 0.717) is 0 Å². The van der Waals surface area contributed by atoms with Crippen LogP contribution in [0.4, 0.5) is 0 Å². The Morgan fingerprint density at radius 2 is 2.08 bits per heavy atom. The molecule has 1 aromatic carbocycles. The summed E-state index contributed by atoms with van der Waals surface area (Å²) in [5.74, 6) is 0. The van der Waals surface area contributed by atoms with E-state index in [2.05, 4.69) is 51.0 Å². The molecule has 2 aliphatic heterocycles. The molecular formula is C20H24N4O. The summed E-state index contributed by atoms with van der Waals surface area (Å²) in [5, 5.41) is 1.37. The van der Waals surface area contributed by atoms with Crippen LogP contribution in [0.25, 0.3) is 10.9 Å². The number of nitrogens with zero attached hydrogens (tertiary/aromatic N) is 2. The van der Waals surface area contributed by atoms with Crippen molar-refractivity contribution in [2.75, 3.05) is 19.7 Å². The lowest BCUT2D eigenvalue weighted by atomic mass is 9.83. The summed E-state index contributed by atoms with van der Waals surface area (Å²) in [6.07, 6.45) is 4.88. The van der Waals surface area contributed by atoms with Gasteiger partial charge in [0.25, 0.3) is 0 Å². The molecular weight excluding hydrogens is 312 g/mol. The van der Waals surface area contributed by atoms with Crippen LogP contribution in [0.3, 0.4) is 0 Å². The number of fused-ring (bicyclic) bond motifs is 4. The molecule has 0 aliphatic carbocycles. The number of benzene rings is 1. The van der Waals surface area contributed by atoms with Crippen molar-refractivity contribution >= 4 is 10.9 Å². The Labute approximate surface area is 147 Å². The molecule has 1 saturated heterocycles. The van der Waals surface area contributed by atoms with Crippen LogP contribution >= 0.6 is 0 Å². The number of aromatic nitrogens is 3. The van der Waals surface area contributed by atoms with E-state index < -0.39 is 0 Å². The molecule has 0 bridgehead atoms. The lowest BCUT2D eigenvalue weighted by Gasteiger charge is -2.43. The second kappa shape index (κ2) is 5.71. The molecule has 4 heterocycles. The molecule has 2 aromatic heterocycles. The number of aryl methyl sites for hydroxylation is 1. The van der Waals surface area contributed by atoms with Crippen LogP contribution < -0.4 is 0 Å². The average molecular weight is 336 g/mol. The Hall–Kier alpha value is -2.11. The summed E-state index contributed by atoms with van der Waals surface area (Å²) in [5.41, 5.74) is 6.24. The number of H-pyrrole nitrogens is 2. The summed E-state index contributed by atoms with van der Waals surface area (Å²) < 4.78 is 6.39. The lowest BCUT2D eigenvalue weighted by Crippen LogP contribution is -2.46. The molecule has 1 spiro atoms. The number of ether oxygens (including phenoxy) is 1. The van der Waals surface area contributed by atoms with E-state index in [9.17, 15) is 0 Å². The number of nitrogens with one attached hydrogen (secondary N) is 2. The smallest absolute Gasteiger partial charge is 0.110 e. The standard InChI is InChI=1S/C20H24N4O/c1-14-18(22-13-21-14)12-24-9-7-20(8-10-24)19-16(6-11-25-20)15-4-2-3-5-17(15)23-19/h2-5,13,23H,6-12H2,1H3,(H,21,22). The average Bonchev–Trinajstić information content (AvgIpc) is 3.22. The maximum atomic E-state index is 6.39. The first kappa shape index (κ1) is 15.2. The van der Waals surface area contributed by atoms with Crippen LogP contribution in [0.15, 0.2) is 30.6 Å². The molecule has 2 N–H and O–H groups in total. The SMILES string of the molecule is Cc1[nH]cnc1CN1CCC2(CC1)OCCc1c2[nH]c2ccccc12. The highest BCUT2D eigenvalue weighted by molar-refractivity contribution is 5.85. The van der Waals surface area contributed by atoms with E-state index in [1.165, 1.54) is 27.9 Å². The van der Waals surface area contributed by atoms with Crippen molar-refractivity contribution in [1.29, 1.82) is 0 Å². The van der Waals surface area contributed by atoms with E-state index in [1.807, 2.05) is 0 Å². The lowest BCUT2D eigenvalue weighted by molar-refractivity contribution is -0.101. The Bertz CT molecular complexity index is 901. The van der Waals surface area contributed by atoms with Gasteiger partial charge in [0.2, 0.25) is 0 Å². The topological polar surface area (TPSA) is 56.9 Å². The normalized spacial score (nSPS) is 20.2. The van der Waals surface area contributed by atoms with Crippen molar-refractivity contribution < 1.29 is 4.74 Å². The Morgan fingerprint density at radius 3 is 2.88 bits per heavy atom. The fourth-order valence-electron chi connectivity index (χ4n) is 4.49. The predicted octanol–water partition coefficient (Wildman–Crippen LogP) is 3.26. The van der Waals surface area contributed by atoms with Gasteiger partial charge in [-0.3, -0.25) is 4.90 Å². The van der Waals surface area contributed by atoms with Crippen LogP contribution in [0.2, 0.25) is 0 Å². The third kappa shape index (κ3) is 2.41. The fourth-order valence-corrected chi connectivity index (χ4v) is 4.49.